The number of carbonyl (C=O) groups is 4. The Balaban J connectivity index is 0.000000160. The van der Waals surface area contributed by atoms with Gasteiger partial charge in [-0.3, -0.25) is 28.0 Å². The van der Waals surface area contributed by atoms with Crippen LogP contribution in [0.2, 0.25) is 0 Å². The molecule has 0 radical (unpaired) electrons. The molecule has 514 valence electrons. The minimum atomic E-state index is -3.95. The molecule has 13 rings (SSSR count). The Kier molecular flexibility index (Phi) is 19.7. The Morgan fingerprint density at radius 1 is 0.561 bits per heavy atom. The number of fused-ring (bicyclic) bond motifs is 6. The van der Waals surface area contributed by atoms with Crippen LogP contribution in [-0.2, 0) is 58.0 Å². The molecule has 0 saturated carbocycles. The minimum absolute atomic E-state index is 0.145. The minimum Gasteiger partial charge on any atom is -0.461 e. The maximum atomic E-state index is 13.7. The Labute approximate surface area is 578 Å². The van der Waals surface area contributed by atoms with Crippen molar-refractivity contribution in [1.29, 1.82) is 0 Å². The van der Waals surface area contributed by atoms with Gasteiger partial charge in [-0.25, -0.2) is 44.7 Å². The zero-order valence-corrected chi connectivity index (χ0v) is 60.4. The largest absolute Gasteiger partial charge is 0.494 e. The van der Waals surface area contributed by atoms with Gasteiger partial charge in [0.2, 0.25) is 11.8 Å². The van der Waals surface area contributed by atoms with E-state index in [1.165, 1.54) is 44.1 Å². The van der Waals surface area contributed by atoms with E-state index in [0.29, 0.717) is 62.9 Å². The summed E-state index contributed by atoms with van der Waals surface area (Å²) >= 11 is 3.47. The molecule has 24 nitrogen and oxygen atoms in total. The maximum absolute atomic E-state index is 13.7. The Morgan fingerprint density at radius 2 is 0.959 bits per heavy atom. The van der Waals surface area contributed by atoms with Crippen LogP contribution in [0, 0.1) is 13.8 Å². The van der Waals surface area contributed by atoms with Crippen LogP contribution in [0.5, 0.6) is 0 Å². The molecule has 2 amide bonds. The van der Waals surface area contributed by atoms with Gasteiger partial charge in [-0.2, -0.15) is 0 Å². The highest BCUT2D eigenvalue weighted by atomic mass is 79.9. The molecule has 2 N–H and O–H groups in total. The lowest BCUT2D eigenvalue weighted by atomic mass is 9.79. The third-order valence-corrected chi connectivity index (χ3v) is 21.7. The smallest absolute Gasteiger partial charge is 0.461 e. The van der Waals surface area contributed by atoms with Crippen LogP contribution in [0.1, 0.15) is 131 Å². The number of amides is 2. The summed E-state index contributed by atoms with van der Waals surface area (Å²) in [6.45, 7) is 26.5. The van der Waals surface area contributed by atoms with Crippen molar-refractivity contribution >= 4 is 117 Å². The van der Waals surface area contributed by atoms with Crippen LogP contribution < -0.4 is 16.1 Å². The highest BCUT2D eigenvalue weighted by Gasteiger charge is 2.52. The number of carbonyl (C=O) groups excluding carboxylic acids is 4. The van der Waals surface area contributed by atoms with E-state index in [2.05, 4.69) is 121 Å². The van der Waals surface area contributed by atoms with Gasteiger partial charge in [0.15, 0.2) is 11.3 Å². The molecule has 10 aromatic rings. The third kappa shape index (κ3) is 14.1. The molecule has 0 spiro atoms. The Morgan fingerprint density at radius 3 is 1.37 bits per heavy atom. The number of imidazole rings is 2. The molecule has 3 saturated heterocycles. The standard InChI is InChI=1S/C32H34N6O5S.C23H22BrN5O5S.C15H24BNO2/c1-19(2)34-24-10-8-23(9-11-24)30-29-17-33-31-27(14-15-37(31)44(41,42)26-12-6-20(3)7-13-26)38(29)32(35-30)28-16-25(43-22(5)40)18-36(28)21(4)39;1-13-4-6-17(7-5-13)35(32,33)28-9-8-18-22(28)25-11-20-21(24)26-23(29(18)20)19-10-16(34-15(3)31)12-27(19)14(2)30;1-11(2)17-13-9-7-12(8-10-13)16-18-14(3,4)15(5,6)19-16/h6-15,17,19,25,28,34H,16,18H2,1-5H3;4-9,11,16,19H,10,12H2,1-3H3;7-11,17H,1-6H3/t25-,28-;16-,19-;/m11./s1. The van der Waals surface area contributed by atoms with Crippen molar-refractivity contribution < 1.29 is 54.8 Å². The Hall–Kier alpha value is -8.96. The first-order valence-electron chi connectivity index (χ1n) is 32.3. The molecular weight excluding hydrogens is 1360 g/mol. The van der Waals surface area contributed by atoms with E-state index in [4.69, 9.17) is 23.8 Å². The molecule has 4 atom stereocenters. The van der Waals surface area contributed by atoms with E-state index >= 15 is 0 Å². The van der Waals surface area contributed by atoms with Crippen molar-refractivity contribution in [3.63, 3.8) is 0 Å². The normalized spacial score (nSPS) is 18.3. The van der Waals surface area contributed by atoms with Gasteiger partial charge in [-0.15, -0.1) is 0 Å². The average Bonchev–Trinajstić information content (AvgIpc) is 1.57. The van der Waals surface area contributed by atoms with Crippen molar-refractivity contribution in [3.05, 3.63) is 161 Å². The topological polar surface area (TPSA) is 274 Å². The van der Waals surface area contributed by atoms with Crippen LogP contribution in [0.25, 0.3) is 44.6 Å². The number of anilines is 2. The summed E-state index contributed by atoms with van der Waals surface area (Å²) in [5.74, 6) is -0.151. The van der Waals surface area contributed by atoms with Crippen molar-refractivity contribution in [2.75, 3.05) is 23.7 Å². The first-order valence-corrected chi connectivity index (χ1v) is 35.9. The van der Waals surface area contributed by atoms with Crippen LogP contribution in [0.15, 0.2) is 148 Å². The number of hydrogen-bond acceptors (Lipinski definition) is 18. The maximum Gasteiger partial charge on any atom is 0.494 e. The number of likely N-dealkylation sites (tertiary alicyclic amines) is 2. The first-order chi connectivity index (χ1) is 46.2. The van der Waals surface area contributed by atoms with Crippen LogP contribution in [0.4, 0.5) is 11.4 Å². The molecule has 9 heterocycles. The second-order valence-corrected chi connectivity index (χ2v) is 30.9. The van der Waals surface area contributed by atoms with Gasteiger partial charge in [0, 0.05) is 82.0 Å². The molecule has 6 aromatic heterocycles. The van der Waals surface area contributed by atoms with Crippen LogP contribution >= 0.6 is 15.9 Å². The molecule has 4 aromatic carbocycles. The summed E-state index contributed by atoms with van der Waals surface area (Å²) in [6.07, 6.45) is 5.87. The summed E-state index contributed by atoms with van der Waals surface area (Å²) in [6, 6.07) is 32.5. The summed E-state index contributed by atoms with van der Waals surface area (Å²) in [5.41, 5.74) is 8.72. The molecule has 0 bridgehead atoms. The summed E-state index contributed by atoms with van der Waals surface area (Å²) < 4.78 is 83.6. The van der Waals surface area contributed by atoms with E-state index in [1.54, 1.807) is 87.3 Å². The lowest BCUT2D eigenvalue weighted by molar-refractivity contribution is -0.147. The number of esters is 2. The number of rotatable bonds is 14. The van der Waals surface area contributed by atoms with Gasteiger partial charge in [-0.05, 0) is 151 Å². The highest BCUT2D eigenvalue weighted by molar-refractivity contribution is 9.10. The van der Waals surface area contributed by atoms with E-state index in [0.717, 1.165) is 37.5 Å². The SMILES string of the molecule is CC(=O)O[C@@H]1C[C@H](c2nc(-c3ccc(NC(C)C)cc3)c3cnc4c(ccn4S(=O)(=O)c4ccc(C)cc4)n23)N(C(C)=O)C1.CC(=O)O[C@@H]1C[C@H](c2nc(Br)c3cnc4c(ccn4S(=O)(=O)c4ccc(C)cc4)n23)N(C(C)=O)C1.CC(C)Nc1ccc(B2OC(C)(C)C(C)(C)O2)cc1. The zero-order valence-electron chi connectivity index (χ0n) is 57.1. The lowest BCUT2D eigenvalue weighted by Gasteiger charge is -2.32. The van der Waals surface area contributed by atoms with Gasteiger partial charge in [0.1, 0.15) is 28.5 Å². The number of hydrogen-bond donors (Lipinski definition) is 2. The van der Waals surface area contributed by atoms with Gasteiger partial charge in [0.25, 0.3) is 20.0 Å². The zero-order chi connectivity index (χ0) is 70.7. The number of aryl methyl sites for hydroxylation is 2. The van der Waals surface area contributed by atoms with E-state index < -0.39 is 56.3 Å². The predicted octanol–water partition coefficient (Wildman–Crippen LogP) is 11.0. The number of nitrogens with one attached hydrogen (secondary N) is 2. The van der Waals surface area contributed by atoms with Crippen LogP contribution in [-0.4, -0.2) is 143 Å². The second kappa shape index (κ2) is 27.4. The fourth-order valence-electron chi connectivity index (χ4n) is 12.5. The van der Waals surface area contributed by atoms with E-state index in [-0.39, 0.29) is 70.4 Å². The number of aromatic nitrogens is 8. The lowest BCUT2D eigenvalue weighted by Crippen LogP contribution is -2.41. The van der Waals surface area contributed by atoms with Gasteiger partial charge >= 0.3 is 19.1 Å². The molecule has 98 heavy (non-hydrogen) atoms. The summed E-state index contributed by atoms with van der Waals surface area (Å²) in [7, 11) is -8.13. The fraction of sp³-hybridized carbons (Fsp3) is 0.371. The number of halogens is 1. The monoisotopic (exact) mass is 1430 g/mol. The number of ether oxygens (including phenoxy) is 2. The van der Waals surface area contributed by atoms with Gasteiger partial charge < -0.3 is 39.2 Å². The molecule has 3 fully saturated rings. The van der Waals surface area contributed by atoms with Crippen molar-refractivity contribution in [2.45, 2.75) is 167 Å². The quantitative estimate of drug-likeness (QED) is 0.0756. The molecule has 0 unspecified atom stereocenters. The molecule has 3 aliphatic heterocycles. The first kappa shape index (κ1) is 70.4. The predicted molar refractivity (Wildman–Crippen MR) is 378 cm³/mol. The van der Waals surface area contributed by atoms with Gasteiger partial charge in [-0.1, -0.05) is 59.7 Å². The van der Waals surface area contributed by atoms with Crippen molar-refractivity contribution in [2.24, 2.45) is 0 Å². The molecule has 28 heteroatoms. The Bertz CT molecular complexity index is 4900. The van der Waals surface area contributed by atoms with Crippen molar-refractivity contribution in [3.8, 4) is 11.3 Å². The van der Waals surface area contributed by atoms with Crippen molar-refractivity contribution in [1.82, 2.24) is 46.5 Å². The van der Waals surface area contributed by atoms with Crippen LogP contribution in [0.3, 0.4) is 0 Å². The average molecular weight is 1440 g/mol. The molecular formula is C70H80BBrN12O12S2. The number of benzene rings is 4. The fourth-order valence-corrected chi connectivity index (χ4v) is 15.5. The number of nitrogens with zero attached hydrogens (tertiary/aromatic N) is 10. The van der Waals surface area contributed by atoms with E-state index in [9.17, 15) is 36.0 Å². The van der Waals surface area contributed by atoms with Gasteiger partial charge in [0.05, 0.1) is 86.3 Å². The molecule has 3 aliphatic rings. The van der Waals surface area contributed by atoms with E-state index in [1.807, 2.05) is 42.5 Å². The molecule has 0 aliphatic carbocycles. The second-order valence-electron chi connectivity index (χ2n) is 26.5. The highest BCUT2D eigenvalue weighted by Crippen LogP contribution is 2.41. The third-order valence-electron chi connectivity index (χ3n) is 17.8. The summed E-state index contributed by atoms with van der Waals surface area (Å²) in [4.78, 5) is 70.9. The summed E-state index contributed by atoms with van der Waals surface area (Å²) in [5, 5.41) is 6.76.